The van der Waals surface area contributed by atoms with Crippen LogP contribution < -0.4 is 0 Å². The van der Waals surface area contributed by atoms with Crippen LogP contribution in [0.2, 0.25) is 0 Å². The van der Waals surface area contributed by atoms with Gasteiger partial charge in [-0.3, -0.25) is 0 Å². The first-order valence-electron chi connectivity index (χ1n) is 3.17. The van der Waals surface area contributed by atoms with Crippen molar-refractivity contribution < 1.29 is 18.3 Å². The molecule has 0 fully saturated rings. The van der Waals surface area contributed by atoms with Crippen molar-refractivity contribution in [3.8, 4) is 0 Å². The third kappa shape index (κ3) is 2.31. The van der Waals surface area contributed by atoms with Crippen molar-refractivity contribution in [1.82, 2.24) is 0 Å². The lowest BCUT2D eigenvalue weighted by molar-refractivity contribution is -0.00371. The molecule has 1 atom stereocenters. The Labute approximate surface area is 62.4 Å². The second-order valence-electron chi connectivity index (χ2n) is 2.24. The van der Waals surface area contributed by atoms with Gasteiger partial charge in [0.15, 0.2) is 0 Å². The van der Waals surface area contributed by atoms with E-state index in [0.717, 1.165) is 0 Å². The third-order valence-electron chi connectivity index (χ3n) is 1.32. The van der Waals surface area contributed by atoms with Crippen LogP contribution in [-0.2, 0) is 6.42 Å². The van der Waals surface area contributed by atoms with Crippen LogP contribution in [-0.4, -0.2) is 17.6 Å². The van der Waals surface area contributed by atoms with Gasteiger partial charge in [0.25, 0.3) is 6.43 Å². The van der Waals surface area contributed by atoms with E-state index in [1.807, 2.05) is 0 Å². The molecule has 2 nitrogen and oxygen atoms in total. The minimum atomic E-state index is -2.69. The molecule has 0 saturated carbocycles. The summed E-state index contributed by atoms with van der Waals surface area (Å²) in [4.78, 5) is 0. The lowest BCUT2D eigenvalue weighted by atomic mass is 10.1. The molecular weight excluding hydrogens is 154 g/mol. The van der Waals surface area contributed by atoms with Crippen LogP contribution in [0.15, 0.2) is 23.0 Å². The molecule has 1 heterocycles. The van der Waals surface area contributed by atoms with Crippen molar-refractivity contribution in [2.75, 3.05) is 0 Å². The number of hydrogen-bond donors (Lipinski definition) is 1. The fourth-order valence-corrected chi connectivity index (χ4v) is 0.739. The maximum atomic E-state index is 11.7. The van der Waals surface area contributed by atoms with Gasteiger partial charge in [-0.05, 0) is 11.6 Å². The minimum absolute atomic E-state index is 0.0613. The number of aliphatic hydroxyl groups is 1. The summed E-state index contributed by atoms with van der Waals surface area (Å²) in [6.45, 7) is 0. The molecular formula is C7H8F2O2. The maximum Gasteiger partial charge on any atom is 0.264 e. The molecule has 0 saturated heterocycles. The zero-order valence-corrected chi connectivity index (χ0v) is 5.71. The highest BCUT2D eigenvalue weighted by atomic mass is 19.3. The van der Waals surface area contributed by atoms with Crippen LogP contribution in [0.4, 0.5) is 8.78 Å². The van der Waals surface area contributed by atoms with Gasteiger partial charge in [-0.2, -0.15) is 0 Å². The van der Waals surface area contributed by atoms with E-state index >= 15 is 0 Å². The van der Waals surface area contributed by atoms with E-state index in [1.165, 1.54) is 12.5 Å². The first kappa shape index (κ1) is 8.20. The van der Waals surface area contributed by atoms with Gasteiger partial charge in [-0.15, -0.1) is 0 Å². The number of rotatable bonds is 3. The van der Waals surface area contributed by atoms with E-state index in [4.69, 9.17) is 5.11 Å². The Morgan fingerprint density at radius 3 is 2.73 bits per heavy atom. The summed E-state index contributed by atoms with van der Waals surface area (Å²) in [7, 11) is 0. The number of halogens is 2. The SMILES string of the molecule is OC(Cc1ccoc1)C(F)F. The van der Waals surface area contributed by atoms with E-state index < -0.39 is 12.5 Å². The molecule has 62 valence electrons. The Kier molecular flexibility index (Phi) is 2.59. The minimum Gasteiger partial charge on any atom is -0.472 e. The molecule has 1 rings (SSSR count). The fourth-order valence-electron chi connectivity index (χ4n) is 0.739. The molecule has 0 aliphatic carbocycles. The number of hydrogen-bond acceptors (Lipinski definition) is 2. The largest absolute Gasteiger partial charge is 0.472 e. The van der Waals surface area contributed by atoms with Crippen molar-refractivity contribution in [1.29, 1.82) is 0 Å². The molecule has 0 aliphatic heterocycles. The Morgan fingerprint density at radius 1 is 1.55 bits per heavy atom. The normalized spacial score (nSPS) is 13.8. The Hall–Kier alpha value is -0.900. The van der Waals surface area contributed by atoms with Crippen molar-refractivity contribution >= 4 is 0 Å². The smallest absolute Gasteiger partial charge is 0.264 e. The van der Waals surface area contributed by atoms with Crippen molar-refractivity contribution in [2.45, 2.75) is 19.0 Å². The molecule has 0 spiro atoms. The average molecular weight is 162 g/mol. The Morgan fingerprint density at radius 2 is 2.27 bits per heavy atom. The molecule has 1 N–H and O–H groups in total. The standard InChI is InChI=1S/C7H8F2O2/c8-7(9)6(10)3-5-1-2-11-4-5/h1-2,4,6-7,10H,3H2. The molecule has 1 aromatic heterocycles. The molecule has 0 amide bonds. The topological polar surface area (TPSA) is 33.4 Å². The highest BCUT2D eigenvalue weighted by molar-refractivity contribution is 5.06. The third-order valence-corrected chi connectivity index (χ3v) is 1.32. The molecule has 1 aromatic rings. The summed E-state index contributed by atoms with van der Waals surface area (Å²) in [6, 6.07) is 1.55. The average Bonchev–Trinajstić information content (AvgIpc) is 2.39. The van der Waals surface area contributed by atoms with E-state index in [-0.39, 0.29) is 6.42 Å². The molecule has 0 aromatic carbocycles. The predicted octanol–water partition coefficient (Wildman–Crippen LogP) is 1.45. The second-order valence-corrected chi connectivity index (χ2v) is 2.24. The van der Waals surface area contributed by atoms with Gasteiger partial charge in [0.2, 0.25) is 0 Å². The maximum absolute atomic E-state index is 11.7. The molecule has 4 heteroatoms. The van der Waals surface area contributed by atoms with Crippen LogP contribution in [0.5, 0.6) is 0 Å². The summed E-state index contributed by atoms with van der Waals surface area (Å²) >= 11 is 0. The summed E-state index contributed by atoms with van der Waals surface area (Å²) in [6.07, 6.45) is -1.62. The summed E-state index contributed by atoms with van der Waals surface area (Å²) in [5.74, 6) is 0. The van der Waals surface area contributed by atoms with Gasteiger partial charge >= 0.3 is 0 Å². The van der Waals surface area contributed by atoms with Gasteiger partial charge in [0, 0.05) is 6.42 Å². The van der Waals surface area contributed by atoms with Gasteiger partial charge in [-0.1, -0.05) is 0 Å². The summed E-state index contributed by atoms with van der Waals surface area (Å²) in [5, 5.41) is 8.71. The molecule has 11 heavy (non-hydrogen) atoms. The predicted molar refractivity (Wildman–Crippen MR) is 34.4 cm³/mol. The molecule has 0 aliphatic rings. The zero-order valence-electron chi connectivity index (χ0n) is 5.71. The molecule has 0 radical (unpaired) electrons. The quantitative estimate of drug-likeness (QED) is 0.729. The monoisotopic (exact) mass is 162 g/mol. The van der Waals surface area contributed by atoms with Crippen molar-refractivity contribution in [2.24, 2.45) is 0 Å². The first-order valence-corrected chi connectivity index (χ1v) is 3.17. The molecule has 1 unspecified atom stereocenters. The summed E-state index contributed by atoms with van der Waals surface area (Å²) in [5.41, 5.74) is 0.581. The highest BCUT2D eigenvalue weighted by Crippen LogP contribution is 2.09. The Balaban J connectivity index is 2.43. The summed E-state index contributed by atoms with van der Waals surface area (Å²) < 4.78 is 28.1. The number of aliphatic hydroxyl groups excluding tert-OH is 1. The fraction of sp³-hybridized carbons (Fsp3) is 0.429. The van der Waals surface area contributed by atoms with Crippen molar-refractivity contribution in [3.63, 3.8) is 0 Å². The Bertz CT molecular complexity index is 196. The van der Waals surface area contributed by atoms with Gasteiger partial charge < -0.3 is 9.52 Å². The van der Waals surface area contributed by atoms with Crippen LogP contribution >= 0.6 is 0 Å². The zero-order chi connectivity index (χ0) is 8.27. The van der Waals surface area contributed by atoms with Crippen LogP contribution in [0, 0.1) is 0 Å². The van der Waals surface area contributed by atoms with Gasteiger partial charge in [0.05, 0.1) is 12.5 Å². The lowest BCUT2D eigenvalue weighted by Gasteiger charge is -2.05. The second kappa shape index (κ2) is 3.48. The highest BCUT2D eigenvalue weighted by Gasteiger charge is 2.17. The first-order chi connectivity index (χ1) is 5.20. The van der Waals surface area contributed by atoms with Crippen LogP contribution in [0.25, 0.3) is 0 Å². The van der Waals surface area contributed by atoms with Crippen LogP contribution in [0.1, 0.15) is 5.56 Å². The van der Waals surface area contributed by atoms with Gasteiger partial charge in [0.1, 0.15) is 6.10 Å². The van der Waals surface area contributed by atoms with E-state index in [0.29, 0.717) is 5.56 Å². The number of alkyl halides is 2. The van der Waals surface area contributed by atoms with Crippen LogP contribution in [0.3, 0.4) is 0 Å². The van der Waals surface area contributed by atoms with Crippen molar-refractivity contribution in [3.05, 3.63) is 24.2 Å². The lowest BCUT2D eigenvalue weighted by Crippen LogP contribution is -2.19. The van der Waals surface area contributed by atoms with Gasteiger partial charge in [-0.25, -0.2) is 8.78 Å². The van der Waals surface area contributed by atoms with E-state index in [9.17, 15) is 8.78 Å². The molecule has 0 bridgehead atoms. The number of furan rings is 1. The van der Waals surface area contributed by atoms with E-state index in [2.05, 4.69) is 4.42 Å². The van der Waals surface area contributed by atoms with E-state index in [1.54, 1.807) is 6.07 Å².